The van der Waals surface area contributed by atoms with Crippen molar-refractivity contribution in [2.75, 3.05) is 32.9 Å². The summed E-state index contributed by atoms with van der Waals surface area (Å²) in [5.74, 6) is -0.476. The number of aromatic amines is 1. The third kappa shape index (κ3) is 5.67. The van der Waals surface area contributed by atoms with E-state index >= 15 is 0 Å². The molecular weight excluding hydrogens is 406 g/mol. The standard InChI is InChI=1S/C20H27N5O4S/c1-24(13-15-7-4-3-5-8-15)20(27)17-11-21-23-19(17)16-9-6-10-25(14-16)18(26)12-22-30(2,28)29/h3-5,7-8,11,16,22H,6,9-10,12-14H2,1-2H3,(H,21,23). The van der Waals surface area contributed by atoms with Crippen molar-refractivity contribution in [3.05, 3.63) is 53.3 Å². The van der Waals surface area contributed by atoms with Crippen LogP contribution in [0.1, 0.15) is 40.4 Å². The topological polar surface area (TPSA) is 115 Å². The van der Waals surface area contributed by atoms with Crippen LogP contribution in [0.25, 0.3) is 0 Å². The minimum absolute atomic E-state index is 0.0625. The second-order valence-electron chi connectivity index (χ2n) is 7.62. The zero-order chi connectivity index (χ0) is 21.7. The molecule has 1 aromatic heterocycles. The average molecular weight is 434 g/mol. The summed E-state index contributed by atoms with van der Waals surface area (Å²) in [5.41, 5.74) is 2.25. The predicted molar refractivity (Wildman–Crippen MR) is 112 cm³/mol. The van der Waals surface area contributed by atoms with Crippen LogP contribution in [0.3, 0.4) is 0 Å². The Morgan fingerprint density at radius 3 is 2.73 bits per heavy atom. The van der Waals surface area contributed by atoms with E-state index in [0.29, 0.717) is 30.9 Å². The summed E-state index contributed by atoms with van der Waals surface area (Å²) in [6, 6.07) is 9.73. The smallest absolute Gasteiger partial charge is 0.257 e. The van der Waals surface area contributed by atoms with Crippen molar-refractivity contribution in [2.45, 2.75) is 25.3 Å². The van der Waals surface area contributed by atoms with E-state index in [0.717, 1.165) is 24.7 Å². The predicted octanol–water partition coefficient (Wildman–Crippen LogP) is 0.937. The molecule has 30 heavy (non-hydrogen) atoms. The fourth-order valence-corrected chi connectivity index (χ4v) is 4.04. The fraction of sp³-hybridized carbons (Fsp3) is 0.450. The maximum Gasteiger partial charge on any atom is 0.257 e. The highest BCUT2D eigenvalue weighted by Gasteiger charge is 2.30. The van der Waals surface area contributed by atoms with Crippen molar-refractivity contribution >= 4 is 21.8 Å². The first-order chi connectivity index (χ1) is 14.2. The third-order valence-corrected chi connectivity index (χ3v) is 5.85. The number of sulfonamides is 1. The minimum Gasteiger partial charge on any atom is -0.341 e. The summed E-state index contributed by atoms with van der Waals surface area (Å²) in [5, 5.41) is 7.02. The highest BCUT2D eigenvalue weighted by Crippen LogP contribution is 2.28. The van der Waals surface area contributed by atoms with Crippen molar-refractivity contribution in [1.82, 2.24) is 24.7 Å². The number of carbonyl (C=O) groups is 2. The lowest BCUT2D eigenvalue weighted by Crippen LogP contribution is -2.44. The average Bonchev–Trinajstić information content (AvgIpc) is 3.21. The molecule has 0 spiro atoms. The largest absolute Gasteiger partial charge is 0.341 e. The number of piperidine rings is 1. The molecule has 1 aliphatic rings. The molecule has 1 aromatic carbocycles. The van der Waals surface area contributed by atoms with Crippen LogP contribution in [0.4, 0.5) is 0 Å². The molecular formula is C20H27N5O4S. The first kappa shape index (κ1) is 22.0. The van der Waals surface area contributed by atoms with Crippen LogP contribution in [0.2, 0.25) is 0 Å². The third-order valence-electron chi connectivity index (χ3n) is 5.18. The van der Waals surface area contributed by atoms with Crippen LogP contribution in [-0.2, 0) is 21.4 Å². The van der Waals surface area contributed by atoms with Gasteiger partial charge in [-0.3, -0.25) is 14.7 Å². The van der Waals surface area contributed by atoms with E-state index < -0.39 is 10.0 Å². The summed E-state index contributed by atoms with van der Waals surface area (Å²) in [6.45, 7) is 1.19. The molecule has 0 radical (unpaired) electrons. The fourth-order valence-electron chi connectivity index (χ4n) is 3.66. The van der Waals surface area contributed by atoms with Crippen LogP contribution in [0.15, 0.2) is 36.5 Å². The van der Waals surface area contributed by atoms with Gasteiger partial charge >= 0.3 is 0 Å². The Morgan fingerprint density at radius 2 is 2.03 bits per heavy atom. The number of hydrogen-bond acceptors (Lipinski definition) is 5. The first-order valence-electron chi connectivity index (χ1n) is 9.79. The Hall–Kier alpha value is -2.72. The lowest BCUT2D eigenvalue weighted by molar-refractivity contribution is -0.131. The second-order valence-corrected chi connectivity index (χ2v) is 9.45. The molecule has 2 aromatic rings. The zero-order valence-corrected chi connectivity index (χ0v) is 18.0. The number of rotatable bonds is 7. The quantitative estimate of drug-likeness (QED) is 0.674. The van der Waals surface area contributed by atoms with Crippen molar-refractivity contribution < 1.29 is 18.0 Å². The van der Waals surface area contributed by atoms with Gasteiger partial charge in [-0.1, -0.05) is 30.3 Å². The van der Waals surface area contributed by atoms with Crippen molar-refractivity contribution in [1.29, 1.82) is 0 Å². The lowest BCUT2D eigenvalue weighted by atomic mass is 9.92. The van der Waals surface area contributed by atoms with Gasteiger partial charge in [0.05, 0.1) is 30.3 Å². The second kappa shape index (κ2) is 9.40. The molecule has 0 bridgehead atoms. The minimum atomic E-state index is -3.43. The van der Waals surface area contributed by atoms with Gasteiger partial charge in [0, 0.05) is 32.6 Å². The Balaban J connectivity index is 1.67. The highest BCUT2D eigenvalue weighted by molar-refractivity contribution is 7.88. The molecule has 1 fully saturated rings. The summed E-state index contributed by atoms with van der Waals surface area (Å²) in [7, 11) is -1.68. The van der Waals surface area contributed by atoms with Gasteiger partial charge in [0.2, 0.25) is 15.9 Å². The molecule has 162 valence electrons. The highest BCUT2D eigenvalue weighted by atomic mass is 32.2. The number of carbonyl (C=O) groups excluding carboxylic acids is 2. The molecule has 2 amide bonds. The molecule has 9 nitrogen and oxygen atoms in total. The summed E-state index contributed by atoms with van der Waals surface area (Å²) >= 11 is 0. The van der Waals surface area contributed by atoms with E-state index in [1.807, 2.05) is 30.3 Å². The molecule has 1 saturated heterocycles. The van der Waals surface area contributed by atoms with E-state index in [-0.39, 0.29) is 24.3 Å². The van der Waals surface area contributed by atoms with Crippen LogP contribution in [0.5, 0.6) is 0 Å². The van der Waals surface area contributed by atoms with Gasteiger partial charge in [0.25, 0.3) is 5.91 Å². The zero-order valence-electron chi connectivity index (χ0n) is 17.2. The van der Waals surface area contributed by atoms with Crippen molar-refractivity contribution in [3.8, 4) is 0 Å². The van der Waals surface area contributed by atoms with Gasteiger partial charge < -0.3 is 9.80 Å². The number of aromatic nitrogens is 2. The van der Waals surface area contributed by atoms with E-state index in [4.69, 9.17) is 0 Å². The Morgan fingerprint density at radius 1 is 1.30 bits per heavy atom. The summed E-state index contributed by atoms with van der Waals surface area (Å²) in [4.78, 5) is 28.7. The molecule has 10 heteroatoms. The molecule has 1 aliphatic heterocycles. The number of benzene rings is 1. The molecule has 1 unspecified atom stereocenters. The number of amides is 2. The van der Waals surface area contributed by atoms with E-state index in [1.54, 1.807) is 16.8 Å². The van der Waals surface area contributed by atoms with Crippen LogP contribution >= 0.6 is 0 Å². The number of hydrogen-bond donors (Lipinski definition) is 2. The molecule has 0 aliphatic carbocycles. The maximum atomic E-state index is 13.0. The van der Waals surface area contributed by atoms with Crippen LogP contribution in [-0.4, -0.2) is 73.2 Å². The Bertz CT molecular complexity index is 990. The van der Waals surface area contributed by atoms with E-state index in [2.05, 4.69) is 14.9 Å². The molecule has 3 rings (SSSR count). The Kier molecular flexibility index (Phi) is 6.88. The number of nitrogens with one attached hydrogen (secondary N) is 2. The lowest BCUT2D eigenvalue weighted by Gasteiger charge is -2.33. The maximum absolute atomic E-state index is 13.0. The van der Waals surface area contributed by atoms with E-state index in [9.17, 15) is 18.0 Å². The monoisotopic (exact) mass is 433 g/mol. The van der Waals surface area contributed by atoms with Gasteiger partial charge in [-0.25, -0.2) is 13.1 Å². The number of nitrogens with zero attached hydrogens (tertiary/aromatic N) is 3. The van der Waals surface area contributed by atoms with Gasteiger partial charge in [-0.15, -0.1) is 0 Å². The SMILES string of the molecule is CN(Cc1ccccc1)C(=O)c1cn[nH]c1C1CCCN(C(=O)CNS(C)(=O)=O)C1. The van der Waals surface area contributed by atoms with Crippen molar-refractivity contribution in [3.63, 3.8) is 0 Å². The first-order valence-corrected chi connectivity index (χ1v) is 11.7. The van der Waals surface area contributed by atoms with Gasteiger partial charge in [0.15, 0.2) is 0 Å². The van der Waals surface area contributed by atoms with Crippen LogP contribution in [0, 0.1) is 0 Å². The number of likely N-dealkylation sites (tertiary alicyclic amines) is 1. The van der Waals surface area contributed by atoms with Gasteiger partial charge in [-0.05, 0) is 18.4 Å². The normalized spacial score (nSPS) is 17.0. The number of H-pyrrole nitrogens is 1. The summed E-state index contributed by atoms with van der Waals surface area (Å²) < 4.78 is 24.7. The molecule has 2 heterocycles. The molecule has 0 saturated carbocycles. The summed E-state index contributed by atoms with van der Waals surface area (Å²) in [6.07, 6.45) is 4.13. The Labute approximate surface area is 176 Å². The molecule has 2 N–H and O–H groups in total. The van der Waals surface area contributed by atoms with E-state index in [1.165, 1.54) is 6.20 Å². The molecule has 1 atom stereocenters. The van der Waals surface area contributed by atoms with Gasteiger partial charge in [-0.2, -0.15) is 5.10 Å². The van der Waals surface area contributed by atoms with Gasteiger partial charge in [0.1, 0.15) is 0 Å². The van der Waals surface area contributed by atoms with Crippen molar-refractivity contribution in [2.24, 2.45) is 0 Å². The van der Waals surface area contributed by atoms with Crippen LogP contribution < -0.4 is 4.72 Å².